The van der Waals surface area contributed by atoms with Gasteiger partial charge in [0.05, 0.1) is 17.3 Å². The molecule has 0 aromatic rings. The van der Waals surface area contributed by atoms with Gasteiger partial charge in [-0.25, -0.2) is 0 Å². The minimum Gasteiger partial charge on any atom is -0.378 e. The summed E-state index contributed by atoms with van der Waals surface area (Å²) in [5.41, 5.74) is 2.18. The molecule has 0 aromatic heterocycles. The summed E-state index contributed by atoms with van der Waals surface area (Å²) < 4.78 is 31.3. The van der Waals surface area contributed by atoms with Crippen molar-refractivity contribution < 1.29 is 9.13 Å². The molecule has 9 atom stereocenters. The summed E-state index contributed by atoms with van der Waals surface area (Å²) in [5.74, 6) is -0.0185. The van der Waals surface area contributed by atoms with Gasteiger partial charge >= 0.3 is 0 Å². The van der Waals surface area contributed by atoms with E-state index in [-0.39, 0.29) is 40.3 Å². The molecule has 2 N–H and O–H groups in total. The van der Waals surface area contributed by atoms with E-state index in [9.17, 15) is 0 Å². The van der Waals surface area contributed by atoms with Crippen LogP contribution in [0.5, 0.6) is 0 Å². The number of aliphatic imine (C=N–C) groups is 1. The van der Waals surface area contributed by atoms with Crippen LogP contribution in [-0.2, 0) is 9.13 Å². The lowest BCUT2D eigenvalue weighted by molar-refractivity contribution is 0.186. The first-order valence-electron chi connectivity index (χ1n) is 19.1. The van der Waals surface area contributed by atoms with Crippen molar-refractivity contribution in [3.8, 4) is 0 Å². The lowest BCUT2D eigenvalue weighted by Gasteiger charge is -2.51. The Kier molecular flexibility index (Phi) is 10.6. The smallest absolute Gasteiger partial charge is 0.164 e. The zero-order chi connectivity index (χ0) is 33.0. The fourth-order valence-electron chi connectivity index (χ4n) is 9.71. The molecule has 7 aliphatic rings. The Balaban J connectivity index is 1.24. The van der Waals surface area contributed by atoms with Crippen LogP contribution in [-0.4, -0.2) is 41.1 Å². The van der Waals surface area contributed by atoms with Gasteiger partial charge in [-0.3, -0.25) is 4.99 Å². The lowest BCUT2D eigenvalue weighted by Crippen LogP contribution is -2.56. The van der Waals surface area contributed by atoms with Crippen LogP contribution in [0.3, 0.4) is 0 Å². The van der Waals surface area contributed by atoms with Crippen molar-refractivity contribution in [2.24, 2.45) is 10.4 Å². The van der Waals surface area contributed by atoms with Crippen LogP contribution in [0, 0.1) is 5.41 Å². The molecule has 0 saturated heterocycles. The highest BCUT2D eigenvalue weighted by Crippen LogP contribution is 2.68. The third-order valence-electron chi connectivity index (χ3n) is 12.5. The Hall–Kier alpha value is -2.35. The van der Waals surface area contributed by atoms with Crippen molar-refractivity contribution in [3.63, 3.8) is 0 Å². The highest BCUT2D eigenvalue weighted by molar-refractivity contribution is 7.73. The Bertz CT molecular complexity index is 1580. The first kappa shape index (κ1) is 34.1. The molecular formula is C41H57N3O2P2. The number of rotatable bonds is 9. The molecule has 0 fully saturated rings. The van der Waals surface area contributed by atoms with Crippen LogP contribution >= 0.6 is 14.3 Å². The van der Waals surface area contributed by atoms with Crippen LogP contribution in [0.1, 0.15) is 110 Å². The Morgan fingerprint density at radius 3 is 2.35 bits per heavy atom. The third kappa shape index (κ3) is 6.37. The van der Waals surface area contributed by atoms with Crippen molar-refractivity contribution in [2.75, 3.05) is 0 Å². The van der Waals surface area contributed by atoms with Crippen LogP contribution < -0.4 is 10.6 Å². The molecule has 9 unspecified atom stereocenters. The van der Waals surface area contributed by atoms with E-state index in [0.717, 1.165) is 113 Å². The monoisotopic (exact) mass is 685 g/mol. The van der Waals surface area contributed by atoms with Gasteiger partial charge in [0.25, 0.3) is 0 Å². The quantitative estimate of drug-likeness (QED) is 0.187. The van der Waals surface area contributed by atoms with E-state index in [4.69, 9.17) is 4.99 Å². The van der Waals surface area contributed by atoms with Gasteiger partial charge in [-0.2, -0.15) is 0 Å². The SMILES string of the molecule is CC(C1=CCCC(P(=O)(C2C=CCCC2)C2CC=CCC2)N1)(C1CCCC=N1)C1CCC=C(P(=O)(C2=CCCC=C2)C2C=CC=CC2)N1. The molecule has 7 heteroatoms. The molecule has 0 aromatic carbocycles. The van der Waals surface area contributed by atoms with Crippen LogP contribution in [0.4, 0.5) is 0 Å². The molecule has 48 heavy (non-hydrogen) atoms. The van der Waals surface area contributed by atoms with Crippen molar-refractivity contribution in [1.82, 2.24) is 10.6 Å². The van der Waals surface area contributed by atoms with Crippen molar-refractivity contribution in [1.29, 1.82) is 0 Å². The van der Waals surface area contributed by atoms with Crippen molar-refractivity contribution >= 4 is 20.5 Å². The van der Waals surface area contributed by atoms with E-state index in [0.29, 0.717) is 0 Å². The zero-order valence-electron chi connectivity index (χ0n) is 29.0. The van der Waals surface area contributed by atoms with Gasteiger partial charge in [-0.1, -0.05) is 85.9 Å². The average Bonchev–Trinajstić information content (AvgIpc) is 3.18. The molecular weight excluding hydrogens is 628 g/mol. The standard InChI is InChI=1S/C41H57N3O2P2/c1-41(36-26-14-15-31-42-36,37-27-16-29-39(43-37)47(45,32-18-6-2-7-19-32)33-20-8-3-9-21-33)38-28-17-30-40(44-38)48(46,34-22-10-4-11-23-34)35-24-12-5-13-25-35/h2,4,6-8,10,12,18,20-21,24,28-29,31-32,34-37,40,43-44H,3,5,9,11,13-17,19,22-23,25-27,30H2,1H3. The molecule has 4 aliphatic carbocycles. The van der Waals surface area contributed by atoms with Crippen molar-refractivity contribution in [3.05, 3.63) is 95.4 Å². The normalized spacial score (nSPS) is 35.6. The second-order valence-corrected chi connectivity index (χ2v) is 21.8. The maximum absolute atomic E-state index is 15.7. The summed E-state index contributed by atoms with van der Waals surface area (Å²) in [6, 6.07) is 0.171. The van der Waals surface area contributed by atoms with Crippen LogP contribution in [0.25, 0.3) is 0 Å². The lowest BCUT2D eigenvalue weighted by atomic mass is 9.68. The summed E-state index contributed by atoms with van der Waals surface area (Å²) in [5, 5.41) is 9.13. The molecule has 0 saturated carbocycles. The highest BCUT2D eigenvalue weighted by Gasteiger charge is 2.52. The van der Waals surface area contributed by atoms with Gasteiger partial charge in [0.15, 0.2) is 7.14 Å². The molecule has 258 valence electrons. The van der Waals surface area contributed by atoms with E-state index in [2.05, 4.69) is 103 Å². The van der Waals surface area contributed by atoms with Gasteiger partial charge in [0.1, 0.15) is 7.14 Å². The predicted octanol–water partition coefficient (Wildman–Crippen LogP) is 10.9. The third-order valence-corrected chi connectivity index (χ3v) is 20.4. The molecule has 0 bridgehead atoms. The van der Waals surface area contributed by atoms with Gasteiger partial charge in [-0.15, -0.1) is 0 Å². The second-order valence-electron chi connectivity index (χ2n) is 15.3. The fourth-order valence-corrected chi connectivity index (χ4v) is 17.3. The number of nitrogens with one attached hydrogen (secondary N) is 2. The Morgan fingerprint density at radius 2 is 1.62 bits per heavy atom. The first-order valence-corrected chi connectivity index (χ1v) is 22.8. The summed E-state index contributed by atoms with van der Waals surface area (Å²) in [4.78, 5) is 5.22. The van der Waals surface area contributed by atoms with Gasteiger partial charge in [0.2, 0.25) is 0 Å². The molecule has 0 radical (unpaired) electrons. The van der Waals surface area contributed by atoms with Crippen LogP contribution in [0.15, 0.2) is 100 Å². The van der Waals surface area contributed by atoms with E-state index in [1.54, 1.807) is 0 Å². The Morgan fingerprint density at radius 1 is 0.729 bits per heavy atom. The topological polar surface area (TPSA) is 70.6 Å². The minimum atomic E-state index is -2.96. The minimum absolute atomic E-state index is 0.0185. The maximum Gasteiger partial charge on any atom is 0.164 e. The van der Waals surface area contributed by atoms with Gasteiger partial charge in [-0.05, 0) is 109 Å². The number of allylic oxidation sites excluding steroid dienone is 14. The fraction of sp³-hybridized carbons (Fsp3) is 0.585. The zero-order valence-corrected chi connectivity index (χ0v) is 30.8. The molecule has 7 rings (SSSR count). The number of hydrogen-bond donors (Lipinski definition) is 2. The summed E-state index contributed by atoms with van der Waals surface area (Å²) in [7, 11) is -5.60. The number of hydrogen-bond acceptors (Lipinski definition) is 5. The van der Waals surface area contributed by atoms with Gasteiger partial charge < -0.3 is 19.8 Å². The maximum atomic E-state index is 15.7. The second kappa shape index (κ2) is 14.9. The molecule has 5 nitrogen and oxygen atoms in total. The number of nitrogens with zero attached hydrogens (tertiary/aromatic N) is 1. The summed E-state index contributed by atoms with van der Waals surface area (Å²) >= 11 is 0. The first-order chi connectivity index (χ1) is 23.4. The summed E-state index contributed by atoms with van der Waals surface area (Å²) in [6.45, 7) is 2.41. The van der Waals surface area contributed by atoms with Gasteiger partial charge in [0, 0.05) is 39.4 Å². The molecule has 0 spiro atoms. The van der Waals surface area contributed by atoms with E-state index < -0.39 is 14.3 Å². The Labute approximate surface area is 289 Å². The molecule has 3 aliphatic heterocycles. The van der Waals surface area contributed by atoms with Crippen molar-refractivity contribution in [2.45, 2.75) is 145 Å². The van der Waals surface area contributed by atoms with E-state index in [1.807, 2.05) is 0 Å². The molecule has 0 amide bonds. The largest absolute Gasteiger partial charge is 0.378 e. The predicted molar refractivity (Wildman–Crippen MR) is 205 cm³/mol. The van der Waals surface area contributed by atoms with E-state index in [1.165, 1.54) is 5.70 Å². The average molecular weight is 686 g/mol. The summed E-state index contributed by atoms with van der Waals surface area (Å²) in [6.07, 6.45) is 47.0. The van der Waals surface area contributed by atoms with Crippen LogP contribution in [0.2, 0.25) is 0 Å². The van der Waals surface area contributed by atoms with E-state index >= 15 is 9.13 Å². The highest BCUT2D eigenvalue weighted by atomic mass is 31.2. The molecule has 3 heterocycles.